The molecular formula is C16H13N3O3. The highest BCUT2D eigenvalue weighted by Gasteiger charge is 2.14. The Kier molecular flexibility index (Phi) is 3.57. The van der Waals surface area contributed by atoms with E-state index in [4.69, 9.17) is 0 Å². The van der Waals surface area contributed by atoms with Gasteiger partial charge in [-0.3, -0.25) is 14.9 Å². The van der Waals surface area contributed by atoms with Crippen molar-refractivity contribution in [1.29, 1.82) is 0 Å². The number of nitrogens with one attached hydrogen (secondary N) is 2. The third kappa shape index (κ3) is 2.80. The summed E-state index contributed by atoms with van der Waals surface area (Å²) in [6, 6.07) is 13.7. The fraction of sp³-hybridized carbons (Fsp3) is 0.0625. The number of hydrogen-bond donors (Lipinski definition) is 2. The zero-order valence-corrected chi connectivity index (χ0v) is 11.6. The van der Waals surface area contributed by atoms with Crippen LogP contribution in [0.3, 0.4) is 0 Å². The Balaban J connectivity index is 1.76. The number of nitro groups is 1. The van der Waals surface area contributed by atoms with Gasteiger partial charge in [0.15, 0.2) is 0 Å². The van der Waals surface area contributed by atoms with E-state index in [0.717, 1.165) is 16.5 Å². The maximum Gasteiger partial charge on any atom is 0.292 e. The van der Waals surface area contributed by atoms with E-state index in [2.05, 4.69) is 10.3 Å². The van der Waals surface area contributed by atoms with Gasteiger partial charge in [0, 0.05) is 17.8 Å². The van der Waals surface area contributed by atoms with Gasteiger partial charge in [0.1, 0.15) is 5.69 Å². The molecule has 1 heterocycles. The van der Waals surface area contributed by atoms with E-state index in [-0.39, 0.29) is 23.7 Å². The molecule has 2 aromatic carbocycles. The lowest BCUT2D eigenvalue weighted by Gasteiger charge is -2.06. The number of fused-ring (bicyclic) bond motifs is 1. The third-order valence-electron chi connectivity index (χ3n) is 3.36. The Bertz CT molecular complexity index is 854. The summed E-state index contributed by atoms with van der Waals surface area (Å²) in [6.45, 7) is 0. The predicted molar refractivity (Wildman–Crippen MR) is 83.7 cm³/mol. The van der Waals surface area contributed by atoms with Crippen LogP contribution in [0.4, 0.5) is 11.4 Å². The molecule has 0 unspecified atom stereocenters. The van der Waals surface area contributed by atoms with Crippen molar-refractivity contribution in [1.82, 2.24) is 4.98 Å². The first-order valence-electron chi connectivity index (χ1n) is 6.73. The predicted octanol–water partition coefficient (Wildman–Crippen LogP) is 3.26. The van der Waals surface area contributed by atoms with Crippen molar-refractivity contribution in [2.75, 3.05) is 5.32 Å². The fourth-order valence-corrected chi connectivity index (χ4v) is 2.32. The van der Waals surface area contributed by atoms with Crippen LogP contribution in [0.1, 0.15) is 5.56 Å². The first kappa shape index (κ1) is 13.8. The lowest BCUT2D eigenvalue weighted by atomic mass is 10.1. The highest BCUT2D eigenvalue weighted by atomic mass is 16.6. The summed E-state index contributed by atoms with van der Waals surface area (Å²) < 4.78 is 0. The second-order valence-corrected chi connectivity index (χ2v) is 4.90. The molecule has 110 valence electrons. The summed E-state index contributed by atoms with van der Waals surface area (Å²) in [5.74, 6) is -0.291. The van der Waals surface area contributed by atoms with E-state index in [1.54, 1.807) is 12.1 Å². The monoisotopic (exact) mass is 295 g/mol. The van der Waals surface area contributed by atoms with E-state index in [1.165, 1.54) is 12.1 Å². The molecule has 0 saturated carbocycles. The highest BCUT2D eigenvalue weighted by molar-refractivity contribution is 5.95. The van der Waals surface area contributed by atoms with E-state index in [9.17, 15) is 14.9 Å². The van der Waals surface area contributed by atoms with Crippen LogP contribution in [0.5, 0.6) is 0 Å². The molecule has 2 N–H and O–H groups in total. The molecule has 3 aromatic rings. The van der Waals surface area contributed by atoms with Gasteiger partial charge in [0.05, 0.1) is 11.3 Å². The van der Waals surface area contributed by atoms with Gasteiger partial charge >= 0.3 is 0 Å². The molecule has 0 spiro atoms. The number of anilines is 1. The summed E-state index contributed by atoms with van der Waals surface area (Å²) in [5, 5.41) is 14.6. The average Bonchev–Trinajstić information content (AvgIpc) is 2.95. The van der Waals surface area contributed by atoms with Gasteiger partial charge in [-0.15, -0.1) is 0 Å². The van der Waals surface area contributed by atoms with E-state index < -0.39 is 4.92 Å². The Morgan fingerprint density at radius 2 is 2.00 bits per heavy atom. The summed E-state index contributed by atoms with van der Waals surface area (Å²) in [5.41, 5.74) is 1.89. The Morgan fingerprint density at radius 1 is 1.18 bits per heavy atom. The second kappa shape index (κ2) is 5.69. The van der Waals surface area contributed by atoms with Crippen LogP contribution in [0.25, 0.3) is 10.9 Å². The number of aromatic nitrogens is 1. The standard InChI is InChI=1S/C16H13N3O3/c20-16(18-13-3-1-2-4-15(13)19(21)22)10-11-5-6-12-7-8-17-14(12)9-11/h1-9,17H,10H2,(H,18,20). The number of benzene rings is 2. The Labute approximate surface area is 125 Å². The number of carbonyl (C=O) groups excluding carboxylic acids is 1. The molecule has 0 aliphatic carbocycles. The van der Waals surface area contributed by atoms with Gasteiger partial charge in [-0.1, -0.05) is 24.3 Å². The van der Waals surface area contributed by atoms with Crippen LogP contribution < -0.4 is 5.32 Å². The minimum absolute atomic E-state index is 0.115. The number of nitro benzene ring substituents is 1. The second-order valence-electron chi connectivity index (χ2n) is 4.90. The van der Waals surface area contributed by atoms with Gasteiger partial charge in [-0.05, 0) is 29.1 Å². The number of amides is 1. The third-order valence-corrected chi connectivity index (χ3v) is 3.36. The first-order valence-corrected chi connectivity index (χ1v) is 6.73. The highest BCUT2D eigenvalue weighted by Crippen LogP contribution is 2.23. The molecule has 6 nitrogen and oxygen atoms in total. The quantitative estimate of drug-likeness (QED) is 0.572. The zero-order valence-electron chi connectivity index (χ0n) is 11.6. The molecule has 0 bridgehead atoms. The Hall–Kier alpha value is -3.15. The van der Waals surface area contributed by atoms with Crippen molar-refractivity contribution in [3.05, 3.63) is 70.4 Å². The van der Waals surface area contributed by atoms with E-state index in [0.29, 0.717) is 0 Å². The number of H-pyrrole nitrogens is 1. The van der Waals surface area contributed by atoms with E-state index in [1.807, 2.05) is 30.5 Å². The molecule has 0 fully saturated rings. The van der Waals surface area contributed by atoms with Gasteiger partial charge < -0.3 is 10.3 Å². The molecule has 1 amide bonds. The van der Waals surface area contributed by atoms with E-state index >= 15 is 0 Å². The topological polar surface area (TPSA) is 88.0 Å². The van der Waals surface area contributed by atoms with Crippen molar-refractivity contribution >= 4 is 28.2 Å². The minimum atomic E-state index is -0.513. The van der Waals surface area contributed by atoms with Gasteiger partial charge in [-0.25, -0.2) is 0 Å². The molecule has 0 atom stereocenters. The molecule has 0 saturated heterocycles. The van der Waals surface area contributed by atoms with Crippen LogP contribution in [0.15, 0.2) is 54.7 Å². The normalized spacial score (nSPS) is 10.5. The number of aromatic amines is 1. The number of hydrogen-bond acceptors (Lipinski definition) is 3. The van der Waals surface area contributed by atoms with Crippen molar-refractivity contribution in [3.8, 4) is 0 Å². The van der Waals surface area contributed by atoms with Crippen LogP contribution >= 0.6 is 0 Å². The largest absolute Gasteiger partial charge is 0.361 e. The number of para-hydroxylation sites is 2. The summed E-state index contributed by atoms with van der Waals surface area (Å²) >= 11 is 0. The molecule has 3 rings (SSSR count). The van der Waals surface area contributed by atoms with Gasteiger partial charge in [0.2, 0.25) is 5.91 Å². The zero-order chi connectivity index (χ0) is 15.5. The average molecular weight is 295 g/mol. The molecule has 1 aromatic heterocycles. The lowest BCUT2D eigenvalue weighted by molar-refractivity contribution is -0.383. The van der Waals surface area contributed by atoms with Gasteiger partial charge in [0.25, 0.3) is 5.69 Å². The molecule has 0 aliphatic rings. The SMILES string of the molecule is O=C(Cc1ccc2cc[nH]c2c1)Nc1ccccc1[N+](=O)[O-]. The van der Waals surface area contributed by atoms with Crippen LogP contribution in [-0.4, -0.2) is 15.8 Å². The molecule has 6 heteroatoms. The van der Waals surface area contributed by atoms with Gasteiger partial charge in [-0.2, -0.15) is 0 Å². The fourth-order valence-electron chi connectivity index (χ4n) is 2.32. The minimum Gasteiger partial charge on any atom is -0.361 e. The summed E-state index contributed by atoms with van der Waals surface area (Å²) in [7, 11) is 0. The number of carbonyl (C=O) groups is 1. The molecule has 0 aliphatic heterocycles. The molecule has 22 heavy (non-hydrogen) atoms. The molecule has 0 radical (unpaired) electrons. The maximum absolute atomic E-state index is 12.1. The van der Waals surface area contributed by atoms with Crippen LogP contribution in [0, 0.1) is 10.1 Å². The van der Waals surface area contributed by atoms with Crippen molar-refractivity contribution in [2.24, 2.45) is 0 Å². The first-order chi connectivity index (χ1) is 10.6. The number of nitrogens with zero attached hydrogens (tertiary/aromatic N) is 1. The molecular weight excluding hydrogens is 282 g/mol. The summed E-state index contributed by atoms with van der Waals surface area (Å²) in [4.78, 5) is 25.6. The van der Waals surface area contributed by atoms with Crippen molar-refractivity contribution in [2.45, 2.75) is 6.42 Å². The van der Waals surface area contributed by atoms with Crippen molar-refractivity contribution < 1.29 is 9.72 Å². The lowest BCUT2D eigenvalue weighted by Crippen LogP contribution is -2.15. The van der Waals surface area contributed by atoms with Crippen LogP contribution in [-0.2, 0) is 11.2 Å². The van der Waals surface area contributed by atoms with Crippen molar-refractivity contribution in [3.63, 3.8) is 0 Å². The van der Waals surface area contributed by atoms with Crippen LogP contribution in [0.2, 0.25) is 0 Å². The Morgan fingerprint density at radius 3 is 2.82 bits per heavy atom. The maximum atomic E-state index is 12.1. The number of rotatable bonds is 4. The smallest absolute Gasteiger partial charge is 0.292 e. The summed E-state index contributed by atoms with van der Waals surface area (Å²) in [6.07, 6.45) is 1.99.